The lowest BCUT2D eigenvalue weighted by molar-refractivity contribution is -0.0450. The molecule has 0 aromatic carbocycles. The fourth-order valence-electron chi connectivity index (χ4n) is 9.66. The highest BCUT2D eigenvalue weighted by molar-refractivity contribution is 5.25. The lowest BCUT2D eigenvalue weighted by atomic mass is 9.47. The van der Waals surface area contributed by atoms with Crippen LogP contribution in [0.3, 0.4) is 0 Å². The summed E-state index contributed by atoms with van der Waals surface area (Å²) in [4.78, 5) is 0. The van der Waals surface area contributed by atoms with E-state index < -0.39 is 0 Å². The first-order chi connectivity index (χ1) is 16.5. The van der Waals surface area contributed by atoms with Crippen molar-refractivity contribution in [3.05, 3.63) is 11.6 Å². The molecule has 3 fully saturated rings. The van der Waals surface area contributed by atoms with E-state index in [1.54, 1.807) is 19.3 Å². The number of fused-ring (bicyclic) bond motifs is 5. The molecule has 0 heterocycles. The average Bonchev–Trinajstić information content (AvgIpc) is 3.16. The van der Waals surface area contributed by atoms with E-state index in [1.165, 1.54) is 116 Å². The SMILES string of the molecule is CCCCCCCCCCCCCC[C@H]1CC[C@H]2C3CC=C4C[C@@H](C)CC[C@]4(C)[C@H]3CC[C@]12C. The molecule has 0 spiro atoms. The van der Waals surface area contributed by atoms with E-state index >= 15 is 0 Å². The van der Waals surface area contributed by atoms with Crippen molar-refractivity contribution in [2.75, 3.05) is 0 Å². The van der Waals surface area contributed by atoms with Gasteiger partial charge in [0.1, 0.15) is 0 Å². The van der Waals surface area contributed by atoms with Gasteiger partial charge in [0, 0.05) is 0 Å². The third-order valence-electron chi connectivity index (χ3n) is 12.0. The monoisotopic (exact) mass is 468 g/mol. The summed E-state index contributed by atoms with van der Waals surface area (Å²) in [6.45, 7) is 10.2. The van der Waals surface area contributed by atoms with Crippen molar-refractivity contribution in [3.8, 4) is 0 Å². The van der Waals surface area contributed by atoms with Crippen LogP contribution in [0.5, 0.6) is 0 Å². The Morgan fingerprint density at radius 1 is 0.735 bits per heavy atom. The molecule has 0 nitrogen and oxygen atoms in total. The second-order valence-electron chi connectivity index (χ2n) is 14.1. The molecular weight excluding hydrogens is 408 g/mol. The predicted molar refractivity (Wildman–Crippen MR) is 150 cm³/mol. The van der Waals surface area contributed by atoms with Crippen LogP contribution >= 0.6 is 0 Å². The molecule has 0 amide bonds. The third kappa shape index (κ3) is 5.83. The highest BCUT2D eigenvalue weighted by atomic mass is 14.6. The maximum absolute atomic E-state index is 2.76. The summed E-state index contributed by atoms with van der Waals surface area (Å²) in [7, 11) is 0. The molecule has 0 bridgehead atoms. The van der Waals surface area contributed by atoms with Crippen LogP contribution in [0.2, 0.25) is 0 Å². The predicted octanol–water partition coefficient (Wildman–Crippen LogP) is 11.3. The molecule has 0 aromatic rings. The van der Waals surface area contributed by atoms with Gasteiger partial charge in [-0.2, -0.15) is 0 Å². The zero-order valence-corrected chi connectivity index (χ0v) is 23.8. The highest BCUT2D eigenvalue weighted by Crippen LogP contribution is 2.67. The van der Waals surface area contributed by atoms with Gasteiger partial charge in [-0.15, -0.1) is 0 Å². The van der Waals surface area contributed by atoms with Crippen LogP contribution < -0.4 is 0 Å². The van der Waals surface area contributed by atoms with Crippen LogP contribution in [0.4, 0.5) is 0 Å². The van der Waals surface area contributed by atoms with Gasteiger partial charge in [-0.25, -0.2) is 0 Å². The van der Waals surface area contributed by atoms with Crippen molar-refractivity contribution in [1.29, 1.82) is 0 Å². The largest absolute Gasteiger partial charge is 0.0845 e. The smallest absolute Gasteiger partial charge is 0.00851 e. The molecule has 0 aliphatic heterocycles. The summed E-state index contributed by atoms with van der Waals surface area (Å²) < 4.78 is 0. The normalized spacial score (nSPS) is 39.3. The van der Waals surface area contributed by atoms with Crippen LogP contribution in [-0.2, 0) is 0 Å². The van der Waals surface area contributed by atoms with E-state index in [-0.39, 0.29) is 0 Å². The Hall–Kier alpha value is -0.260. The quantitative estimate of drug-likeness (QED) is 0.186. The fraction of sp³-hybridized carbons (Fsp3) is 0.941. The van der Waals surface area contributed by atoms with Crippen LogP contribution in [0.1, 0.15) is 163 Å². The second kappa shape index (κ2) is 12.3. The van der Waals surface area contributed by atoms with Crippen molar-refractivity contribution < 1.29 is 0 Å². The molecule has 196 valence electrons. The minimum absolute atomic E-state index is 0.560. The Morgan fingerprint density at radius 3 is 2.06 bits per heavy atom. The van der Waals surface area contributed by atoms with Gasteiger partial charge in [0.2, 0.25) is 0 Å². The number of unbranched alkanes of at least 4 members (excludes halogenated alkanes) is 11. The molecule has 0 saturated heterocycles. The second-order valence-corrected chi connectivity index (χ2v) is 14.1. The summed E-state index contributed by atoms with van der Waals surface area (Å²) in [5.41, 5.74) is 3.11. The van der Waals surface area contributed by atoms with E-state index in [0.717, 1.165) is 29.6 Å². The molecular formula is C34H60. The molecule has 1 unspecified atom stereocenters. The minimum Gasteiger partial charge on any atom is -0.0845 e. The fourth-order valence-corrected chi connectivity index (χ4v) is 9.66. The highest BCUT2D eigenvalue weighted by Gasteiger charge is 2.58. The first-order valence-corrected chi connectivity index (χ1v) is 16.2. The Balaban J connectivity index is 1.16. The van der Waals surface area contributed by atoms with Crippen molar-refractivity contribution in [2.45, 2.75) is 163 Å². The maximum Gasteiger partial charge on any atom is -0.00851 e. The molecule has 0 heteroatoms. The summed E-state index contributed by atoms with van der Waals surface area (Å²) in [6.07, 6.45) is 34.0. The Bertz CT molecular complexity index is 644. The van der Waals surface area contributed by atoms with Gasteiger partial charge in [0.15, 0.2) is 0 Å². The Kier molecular flexibility index (Phi) is 9.71. The summed E-state index contributed by atoms with van der Waals surface area (Å²) >= 11 is 0. The van der Waals surface area contributed by atoms with Gasteiger partial charge >= 0.3 is 0 Å². The van der Waals surface area contributed by atoms with Crippen molar-refractivity contribution in [1.82, 2.24) is 0 Å². The van der Waals surface area contributed by atoms with Gasteiger partial charge < -0.3 is 0 Å². The van der Waals surface area contributed by atoms with Crippen LogP contribution in [0.25, 0.3) is 0 Å². The molecule has 3 saturated carbocycles. The maximum atomic E-state index is 2.76. The first-order valence-electron chi connectivity index (χ1n) is 16.2. The Morgan fingerprint density at radius 2 is 1.38 bits per heavy atom. The molecule has 34 heavy (non-hydrogen) atoms. The lowest BCUT2D eigenvalue weighted by Crippen LogP contribution is -2.49. The molecule has 4 aliphatic rings. The van der Waals surface area contributed by atoms with E-state index in [0.29, 0.717) is 10.8 Å². The van der Waals surface area contributed by atoms with E-state index in [4.69, 9.17) is 0 Å². The molecule has 0 radical (unpaired) electrons. The number of hydrogen-bond acceptors (Lipinski definition) is 0. The Labute approximate surface area is 214 Å². The number of allylic oxidation sites excluding steroid dienone is 2. The van der Waals surface area contributed by atoms with Crippen molar-refractivity contribution >= 4 is 0 Å². The van der Waals surface area contributed by atoms with Crippen molar-refractivity contribution in [3.63, 3.8) is 0 Å². The van der Waals surface area contributed by atoms with Gasteiger partial charge in [0.05, 0.1) is 0 Å². The average molecular weight is 469 g/mol. The standard InChI is InChI=1S/C34H60/c1-5-6-7-8-9-10-11-12-13-14-15-16-17-28-19-21-31-30-20-18-29-26-27(2)22-24-34(29,4)32(30)23-25-33(28,31)3/h18,27-28,30-32H,5-17,19-26H2,1-4H3/t27-,28-,30?,31-,32-,33+,34-/m0/s1. The van der Waals surface area contributed by atoms with Crippen molar-refractivity contribution in [2.24, 2.45) is 40.4 Å². The third-order valence-corrected chi connectivity index (χ3v) is 12.0. The van der Waals surface area contributed by atoms with Crippen LogP contribution in [0.15, 0.2) is 11.6 Å². The van der Waals surface area contributed by atoms with Gasteiger partial charge in [-0.3, -0.25) is 0 Å². The van der Waals surface area contributed by atoms with E-state index in [1.807, 2.05) is 5.57 Å². The van der Waals surface area contributed by atoms with Crippen LogP contribution in [0, 0.1) is 40.4 Å². The first kappa shape index (κ1) is 26.8. The number of hydrogen-bond donors (Lipinski definition) is 0. The molecule has 4 rings (SSSR count). The summed E-state index contributed by atoms with van der Waals surface area (Å²) in [6, 6.07) is 0. The number of rotatable bonds is 13. The zero-order valence-electron chi connectivity index (χ0n) is 23.8. The topological polar surface area (TPSA) is 0 Å². The van der Waals surface area contributed by atoms with Gasteiger partial charge in [-0.1, -0.05) is 116 Å². The van der Waals surface area contributed by atoms with E-state index in [2.05, 4.69) is 33.8 Å². The molecule has 0 aromatic heterocycles. The molecule has 4 aliphatic carbocycles. The lowest BCUT2D eigenvalue weighted by Gasteiger charge is -2.58. The van der Waals surface area contributed by atoms with Crippen LogP contribution in [-0.4, -0.2) is 0 Å². The van der Waals surface area contributed by atoms with Gasteiger partial charge in [0.25, 0.3) is 0 Å². The molecule has 0 N–H and O–H groups in total. The zero-order chi connectivity index (χ0) is 24.0. The van der Waals surface area contributed by atoms with Gasteiger partial charge in [-0.05, 0) is 98.2 Å². The molecule has 7 atom stereocenters. The summed E-state index contributed by atoms with van der Waals surface area (Å²) in [5, 5.41) is 0. The minimum atomic E-state index is 0.560. The summed E-state index contributed by atoms with van der Waals surface area (Å²) in [5.74, 6) is 5.00. The van der Waals surface area contributed by atoms with E-state index in [9.17, 15) is 0 Å².